The first-order chi connectivity index (χ1) is 27.8. The Hall–Kier alpha value is -7.63. The molecule has 0 saturated heterocycles. The molecule has 0 N–H and O–H groups in total. The Labute approximate surface area is 322 Å². The molecule has 56 heavy (non-hydrogen) atoms. The molecule has 8 aromatic carbocycles. The molecule has 0 fully saturated rings. The molecule has 0 unspecified atom stereocenters. The molecule has 5 heteroatoms. The van der Waals surface area contributed by atoms with Crippen molar-refractivity contribution < 1.29 is 4.42 Å². The summed E-state index contributed by atoms with van der Waals surface area (Å²) < 4.78 is 9.01. The van der Waals surface area contributed by atoms with Gasteiger partial charge in [0.1, 0.15) is 11.2 Å². The molecule has 0 bridgehead atoms. The van der Waals surface area contributed by atoms with E-state index in [0.29, 0.717) is 17.5 Å². The smallest absolute Gasteiger partial charge is 0.167 e. The third-order valence-corrected chi connectivity index (χ3v) is 10.7. The molecule has 0 aliphatic carbocycles. The van der Waals surface area contributed by atoms with Crippen molar-refractivity contribution in [3.8, 4) is 62.1 Å². The molecule has 0 amide bonds. The molecule has 0 radical (unpaired) electrons. The minimum atomic E-state index is 0.538. The van der Waals surface area contributed by atoms with Crippen LogP contribution >= 0.6 is 0 Å². The maximum absolute atomic E-state index is 6.66. The van der Waals surface area contributed by atoms with Gasteiger partial charge in [0.15, 0.2) is 17.5 Å². The molecule has 0 aliphatic heterocycles. The minimum Gasteiger partial charge on any atom is -0.455 e. The largest absolute Gasteiger partial charge is 0.455 e. The highest BCUT2D eigenvalue weighted by Crippen LogP contribution is 2.41. The molecule has 0 atom stereocenters. The van der Waals surface area contributed by atoms with Crippen molar-refractivity contribution in [2.24, 2.45) is 0 Å². The van der Waals surface area contributed by atoms with Gasteiger partial charge in [0.2, 0.25) is 0 Å². The third kappa shape index (κ3) is 5.29. The van der Waals surface area contributed by atoms with Gasteiger partial charge in [-0.15, -0.1) is 0 Å². The first-order valence-electron chi connectivity index (χ1n) is 18.8. The second-order valence-corrected chi connectivity index (χ2v) is 14.0. The molecule has 3 heterocycles. The quantitative estimate of drug-likeness (QED) is 0.172. The molecule has 3 aromatic heterocycles. The van der Waals surface area contributed by atoms with E-state index in [1.807, 2.05) is 48.5 Å². The van der Waals surface area contributed by atoms with Crippen molar-refractivity contribution >= 4 is 43.7 Å². The van der Waals surface area contributed by atoms with Crippen LogP contribution in [0, 0.1) is 0 Å². The highest BCUT2D eigenvalue weighted by atomic mass is 16.3. The zero-order valence-electron chi connectivity index (χ0n) is 30.2. The van der Waals surface area contributed by atoms with Gasteiger partial charge in [0.25, 0.3) is 0 Å². The third-order valence-electron chi connectivity index (χ3n) is 10.7. The van der Waals surface area contributed by atoms with Crippen LogP contribution in [0.4, 0.5) is 0 Å². The number of furan rings is 1. The minimum absolute atomic E-state index is 0.538. The van der Waals surface area contributed by atoms with Crippen molar-refractivity contribution in [1.82, 2.24) is 19.5 Å². The Kier molecular flexibility index (Phi) is 7.42. The summed E-state index contributed by atoms with van der Waals surface area (Å²) >= 11 is 0. The van der Waals surface area contributed by atoms with Gasteiger partial charge in [-0.3, -0.25) is 0 Å². The maximum Gasteiger partial charge on any atom is 0.167 e. The normalized spacial score (nSPS) is 11.6. The van der Waals surface area contributed by atoms with Gasteiger partial charge in [0, 0.05) is 32.7 Å². The van der Waals surface area contributed by atoms with E-state index in [1.165, 1.54) is 10.8 Å². The summed E-state index contributed by atoms with van der Waals surface area (Å²) in [6.45, 7) is 0. The van der Waals surface area contributed by atoms with Crippen molar-refractivity contribution in [2.45, 2.75) is 0 Å². The summed E-state index contributed by atoms with van der Waals surface area (Å²) in [4.78, 5) is 15.9. The Balaban J connectivity index is 1.23. The number of hydrogen-bond donors (Lipinski definition) is 0. The number of rotatable bonds is 6. The predicted molar refractivity (Wildman–Crippen MR) is 229 cm³/mol. The second kappa shape index (κ2) is 13.0. The lowest BCUT2D eigenvalue weighted by atomic mass is 9.98. The lowest BCUT2D eigenvalue weighted by Gasteiger charge is -2.16. The van der Waals surface area contributed by atoms with Gasteiger partial charge in [0.05, 0.1) is 22.3 Å². The van der Waals surface area contributed by atoms with Crippen LogP contribution in [0.5, 0.6) is 0 Å². The fourth-order valence-corrected chi connectivity index (χ4v) is 8.02. The number of para-hydroxylation sites is 3. The average molecular weight is 717 g/mol. The van der Waals surface area contributed by atoms with E-state index in [4.69, 9.17) is 19.4 Å². The maximum atomic E-state index is 6.66. The Bertz CT molecular complexity index is 3190. The van der Waals surface area contributed by atoms with Gasteiger partial charge in [-0.05, 0) is 64.7 Å². The molecule has 5 nitrogen and oxygen atoms in total. The SMILES string of the molecule is c1ccc(-c2ccc(-c3nc(-c4ccccc4)nc(-c4cc(-c5ccccc5)cc5c4oc4ccccc45)n3)c(-n3c4ccccc4c4ccccc43)c2)cc1. The van der Waals surface area contributed by atoms with E-state index >= 15 is 0 Å². The van der Waals surface area contributed by atoms with Crippen LogP contribution in [0.1, 0.15) is 0 Å². The van der Waals surface area contributed by atoms with Crippen LogP contribution in [0.3, 0.4) is 0 Å². The summed E-state index contributed by atoms with van der Waals surface area (Å²) in [5, 5.41) is 4.43. The predicted octanol–water partition coefficient (Wildman–Crippen LogP) is 13.2. The summed E-state index contributed by atoms with van der Waals surface area (Å²) in [6, 6.07) is 67.4. The van der Waals surface area contributed by atoms with Crippen LogP contribution in [-0.4, -0.2) is 19.5 Å². The second-order valence-electron chi connectivity index (χ2n) is 14.0. The Morgan fingerprint density at radius 2 is 0.857 bits per heavy atom. The first-order valence-corrected chi connectivity index (χ1v) is 18.8. The summed E-state index contributed by atoms with van der Waals surface area (Å²) in [5.74, 6) is 1.69. The van der Waals surface area contributed by atoms with Gasteiger partial charge < -0.3 is 8.98 Å². The lowest BCUT2D eigenvalue weighted by molar-refractivity contribution is 0.669. The zero-order chi connectivity index (χ0) is 37.0. The van der Waals surface area contributed by atoms with E-state index in [9.17, 15) is 0 Å². The monoisotopic (exact) mass is 716 g/mol. The number of benzene rings is 8. The number of nitrogens with zero attached hydrogens (tertiary/aromatic N) is 4. The van der Waals surface area contributed by atoms with E-state index in [2.05, 4.69) is 150 Å². The van der Waals surface area contributed by atoms with Gasteiger partial charge >= 0.3 is 0 Å². The van der Waals surface area contributed by atoms with Gasteiger partial charge in [-0.25, -0.2) is 15.0 Å². The van der Waals surface area contributed by atoms with E-state index in [-0.39, 0.29) is 0 Å². The van der Waals surface area contributed by atoms with Crippen molar-refractivity contribution in [3.05, 3.63) is 194 Å². The van der Waals surface area contributed by atoms with Crippen molar-refractivity contribution in [1.29, 1.82) is 0 Å². The number of fused-ring (bicyclic) bond motifs is 6. The topological polar surface area (TPSA) is 56.7 Å². The van der Waals surface area contributed by atoms with Crippen molar-refractivity contribution in [2.75, 3.05) is 0 Å². The summed E-state index contributed by atoms with van der Waals surface area (Å²) in [5.41, 5.74) is 11.7. The Morgan fingerprint density at radius 1 is 0.339 bits per heavy atom. The lowest BCUT2D eigenvalue weighted by Crippen LogP contribution is -2.04. The van der Waals surface area contributed by atoms with E-state index in [1.54, 1.807) is 0 Å². The highest BCUT2D eigenvalue weighted by Gasteiger charge is 2.23. The fourth-order valence-electron chi connectivity index (χ4n) is 8.02. The molecule has 0 saturated carbocycles. The standard InChI is InChI=1S/C51H32N4O/c1-4-16-33(17-5-1)36-28-29-41(46(32-36)55-44-25-13-10-22-38(44)39-23-11-14-26-45(39)55)50-52-49(35-20-8-3-9-21-35)53-51(54-50)43-31-37(34-18-6-2-7-19-34)30-42-40-24-12-15-27-47(40)56-48(42)43/h1-32H. The van der Waals surface area contributed by atoms with Gasteiger partial charge in [-0.1, -0.05) is 152 Å². The van der Waals surface area contributed by atoms with Crippen LogP contribution in [0.25, 0.3) is 106 Å². The molecular formula is C51H32N4O. The average Bonchev–Trinajstić information content (AvgIpc) is 3.82. The van der Waals surface area contributed by atoms with Crippen LogP contribution in [0.2, 0.25) is 0 Å². The summed E-state index contributed by atoms with van der Waals surface area (Å²) in [7, 11) is 0. The molecule has 0 aliphatic rings. The molecule has 11 rings (SSSR count). The fraction of sp³-hybridized carbons (Fsp3) is 0. The first kappa shape index (κ1) is 31.9. The highest BCUT2D eigenvalue weighted by molar-refractivity contribution is 6.11. The zero-order valence-corrected chi connectivity index (χ0v) is 30.2. The molecule has 11 aromatic rings. The van der Waals surface area contributed by atoms with Gasteiger partial charge in [-0.2, -0.15) is 0 Å². The van der Waals surface area contributed by atoms with Crippen LogP contribution in [-0.2, 0) is 0 Å². The molecular weight excluding hydrogens is 685 g/mol. The van der Waals surface area contributed by atoms with E-state index < -0.39 is 0 Å². The summed E-state index contributed by atoms with van der Waals surface area (Å²) in [6.07, 6.45) is 0. The molecule has 0 spiro atoms. The number of hydrogen-bond acceptors (Lipinski definition) is 4. The number of aromatic nitrogens is 4. The molecule has 262 valence electrons. The van der Waals surface area contributed by atoms with Crippen LogP contribution < -0.4 is 0 Å². The van der Waals surface area contributed by atoms with E-state index in [0.717, 1.165) is 77.6 Å². The Morgan fingerprint density at radius 3 is 1.52 bits per heavy atom. The van der Waals surface area contributed by atoms with Crippen LogP contribution in [0.15, 0.2) is 199 Å². The van der Waals surface area contributed by atoms with Crippen molar-refractivity contribution in [3.63, 3.8) is 0 Å².